The van der Waals surface area contributed by atoms with Crippen LogP contribution in [0, 0.1) is 12.7 Å². The normalized spacial score (nSPS) is 13.7. The number of fused-ring (bicyclic) bond motifs is 2. The molecule has 4 aromatic rings. The number of halogens is 1. The summed E-state index contributed by atoms with van der Waals surface area (Å²) in [6.07, 6.45) is 0.743. The van der Waals surface area contributed by atoms with E-state index in [1.165, 1.54) is 6.07 Å². The van der Waals surface area contributed by atoms with Gasteiger partial charge in [0.15, 0.2) is 0 Å². The van der Waals surface area contributed by atoms with Gasteiger partial charge in [-0.05, 0) is 48.2 Å². The largest absolute Gasteiger partial charge is 0.477 e. The summed E-state index contributed by atoms with van der Waals surface area (Å²) < 4.78 is 25.1. The van der Waals surface area contributed by atoms with E-state index >= 15 is 0 Å². The highest BCUT2D eigenvalue weighted by molar-refractivity contribution is 5.96. The number of benzene rings is 3. The number of hydrogen-bond acceptors (Lipinski definition) is 4. The zero-order chi connectivity index (χ0) is 21.4. The zero-order valence-corrected chi connectivity index (χ0v) is 17.2. The highest BCUT2D eigenvalue weighted by Crippen LogP contribution is 2.38. The molecule has 0 saturated carbocycles. The Hall–Kier alpha value is -3.44. The predicted octanol–water partition coefficient (Wildman–Crippen LogP) is 5.30. The van der Waals surface area contributed by atoms with Crippen LogP contribution in [0.15, 0.2) is 75.9 Å². The minimum absolute atomic E-state index is 0.213. The van der Waals surface area contributed by atoms with E-state index in [0.717, 1.165) is 58.5 Å². The Kier molecular flexibility index (Phi) is 5.04. The van der Waals surface area contributed by atoms with Crippen LogP contribution >= 0.6 is 0 Å². The number of ether oxygens (including phenoxy) is 1. The third kappa shape index (κ3) is 3.84. The van der Waals surface area contributed by atoms with E-state index in [1.807, 2.05) is 43.3 Å². The molecule has 1 aliphatic heterocycles. The summed E-state index contributed by atoms with van der Waals surface area (Å²) in [6, 6.07) is 20.2. The lowest BCUT2D eigenvalue weighted by molar-refractivity contribution is 0.0959. The molecular weight excluding hydrogens is 393 g/mol. The minimum atomic E-state index is -0.373. The molecule has 1 aliphatic rings. The van der Waals surface area contributed by atoms with Gasteiger partial charge >= 0.3 is 5.63 Å². The van der Waals surface area contributed by atoms with Gasteiger partial charge in [-0.1, -0.05) is 42.5 Å². The molecule has 0 amide bonds. The van der Waals surface area contributed by atoms with Crippen LogP contribution in [0.1, 0.15) is 16.7 Å². The summed E-state index contributed by atoms with van der Waals surface area (Å²) in [4.78, 5) is 14.4. The summed E-state index contributed by atoms with van der Waals surface area (Å²) in [7, 11) is 0. The first-order chi connectivity index (χ1) is 15.1. The molecule has 0 bridgehead atoms. The van der Waals surface area contributed by atoms with E-state index in [9.17, 15) is 9.18 Å². The Bertz CT molecular complexity index is 1310. The molecule has 5 heteroatoms. The second-order valence-electron chi connectivity index (χ2n) is 7.92. The van der Waals surface area contributed by atoms with Crippen molar-refractivity contribution in [2.45, 2.75) is 19.9 Å². The highest BCUT2D eigenvalue weighted by atomic mass is 19.1. The maximum atomic E-state index is 13.5. The number of rotatable bonds is 4. The first-order valence-electron chi connectivity index (χ1n) is 10.3. The van der Waals surface area contributed by atoms with Gasteiger partial charge < -0.3 is 9.15 Å². The zero-order valence-electron chi connectivity index (χ0n) is 17.2. The van der Waals surface area contributed by atoms with Gasteiger partial charge in [0.05, 0.1) is 0 Å². The Morgan fingerprint density at radius 3 is 2.68 bits per heavy atom. The van der Waals surface area contributed by atoms with E-state index in [4.69, 9.17) is 9.15 Å². The van der Waals surface area contributed by atoms with Gasteiger partial charge in [0.2, 0.25) is 0 Å². The van der Waals surface area contributed by atoms with Crippen molar-refractivity contribution in [1.29, 1.82) is 0 Å². The molecule has 4 nitrogen and oxygen atoms in total. The van der Waals surface area contributed by atoms with Gasteiger partial charge in [-0.2, -0.15) is 0 Å². The second kappa shape index (κ2) is 8.00. The Morgan fingerprint density at radius 2 is 1.87 bits per heavy atom. The summed E-state index contributed by atoms with van der Waals surface area (Å²) >= 11 is 0. The fraction of sp³-hybridized carbons (Fsp3) is 0.192. The Balaban J connectivity index is 1.50. The average molecular weight is 415 g/mol. The third-order valence-corrected chi connectivity index (χ3v) is 5.77. The van der Waals surface area contributed by atoms with Crippen LogP contribution < -0.4 is 10.4 Å². The lowest BCUT2D eigenvalue weighted by Gasteiger charge is -2.30. The molecule has 0 spiro atoms. The molecule has 0 fully saturated rings. The van der Waals surface area contributed by atoms with Crippen molar-refractivity contribution in [3.8, 4) is 16.9 Å². The SMILES string of the molecule is Cc1c2c(cc3c(-c4ccccc4)cc(=O)oc13)CN(CCc1cccc(F)c1)CO2. The molecule has 31 heavy (non-hydrogen) atoms. The van der Waals surface area contributed by atoms with Crippen molar-refractivity contribution in [1.82, 2.24) is 4.90 Å². The van der Waals surface area contributed by atoms with Gasteiger partial charge in [0.25, 0.3) is 0 Å². The van der Waals surface area contributed by atoms with Crippen molar-refractivity contribution >= 4 is 11.0 Å². The first-order valence-corrected chi connectivity index (χ1v) is 10.3. The fourth-order valence-corrected chi connectivity index (χ4v) is 4.25. The monoisotopic (exact) mass is 415 g/mol. The predicted molar refractivity (Wildman–Crippen MR) is 119 cm³/mol. The van der Waals surface area contributed by atoms with Crippen molar-refractivity contribution in [2.75, 3.05) is 13.3 Å². The number of hydrogen-bond donors (Lipinski definition) is 0. The molecule has 0 unspecified atom stereocenters. The topological polar surface area (TPSA) is 42.7 Å². The Labute approximate surface area is 179 Å². The van der Waals surface area contributed by atoms with Crippen molar-refractivity contribution in [3.05, 3.63) is 99.7 Å². The summed E-state index contributed by atoms with van der Waals surface area (Å²) in [5.74, 6) is 0.567. The lowest BCUT2D eigenvalue weighted by Crippen LogP contribution is -2.34. The van der Waals surface area contributed by atoms with E-state index < -0.39 is 0 Å². The van der Waals surface area contributed by atoms with E-state index in [0.29, 0.717) is 12.3 Å². The molecule has 5 rings (SSSR count). The molecule has 0 N–H and O–H groups in total. The maximum Gasteiger partial charge on any atom is 0.336 e. The maximum absolute atomic E-state index is 13.5. The van der Waals surface area contributed by atoms with E-state index in [-0.39, 0.29) is 11.4 Å². The molecule has 2 heterocycles. The highest BCUT2D eigenvalue weighted by Gasteiger charge is 2.23. The number of nitrogens with zero attached hydrogens (tertiary/aromatic N) is 1. The first kappa shape index (κ1) is 19.5. The van der Waals surface area contributed by atoms with Crippen molar-refractivity contribution in [3.63, 3.8) is 0 Å². The lowest BCUT2D eigenvalue weighted by atomic mass is 9.97. The van der Waals surface area contributed by atoms with Crippen molar-refractivity contribution in [2.24, 2.45) is 0 Å². The molecule has 3 aromatic carbocycles. The second-order valence-corrected chi connectivity index (χ2v) is 7.92. The molecular formula is C26H22FNO3. The summed E-state index contributed by atoms with van der Waals surface area (Å²) in [5.41, 5.74) is 4.89. The van der Waals surface area contributed by atoms with E-state index in [1.54, 1.807) is 18.2 Å². The fourth-order valence-electron chi connectivity index (χ4n) is 4.25. The van der Waals surface area contributed by atoms with E-state index in [2.05, 4.69) is 11.0 Å². The van der Waals surface area contributed by atoms with Gasteiger partial charge in [-0.15, -0.1) is 0 Å². The molecule has 1 aromatic heterocycles. The molecule has 0 radical (unpaired) electrons. The van der Waals surface area contributed by atoms with Crippen LogP contribution in [0.25, 0.3) is 22.1 Å². The van der Waals surface area contributed by atoms with Crippen LogP contribution in [-0.4, -0.2) is 18.2 Å². The quantitative estimate of drug-likeness (QED) is 0.424. The molecule has 0 atom stereocenters. The summed E-state index contributed by atoms with van der Waals surface area (Å²) in [5, 5.41) is 0.901. The summed E-state index contributed by atoms with van der Waals surface area (Å²) in [6.45, 7) is 3.85. The Morgan fingerprint density at radius 1 is 1.03 bits per heavy atom. The van der Waals surface area contributed by atoms with Gasteiger partial charge in [-0.25, -0.2) is 9.18 Å². The van der Waals surface area contributed by atoms with Crippen LogP contribution in [0.5, 0.6) is 5.75 Å². The standard InChI is InChI=1S/C26H22FNO3/c1-17-25-20(15-28(16-30-25)11-10-18-6-5-9-21(27)12-18)13-23-22(14-24(29)31-26(17)23)19-7-3-2-4-8-19/h2-9,12-14H,10-11,15-16H2,1H3. The number of aryl methyl sites for hydroxylation is 1. The third-order valence-electron chi connectivity index (χ3n) is 5.77. The van der Waals surface area contributed by atoms with Gasteiger partial charge in [0, 0.05) is 35.7 Å². The van der Waals surface area contributed by atoms with Crippen LogP contribution in [0.3, 0.4) is 0 Å². The molecule has 156 valence electrons. The van der Waals surface area contributed by atoms with Crippen LogP contribution in [0.4, 0.5) is 4.39 Å². The smallest absolute Gasteiger partial charge is 0.336 e. The van der Waals surface area contributed by atoms with Crippen molar-refractivity contribution < 1.29 is 13.5 Å². The average Bonchev–Trinajstić information content (AvgIpc) is 2.78. The van der Waals surface area contributed by atoms with Gasteiger partial charge in [-0.3, -0.25) is 4.90 Å². The molecule has 0 aliphatic carbocycles. The minimum Gasteiger partial charge on any atom is -0.477 e. The van der Waals surface area contributed by atoms with Gasteiger partial charge in [0.1, 0.15) is 23.9 Å². The molecule has 0 saturated heterocycles. The van der Waals surface area contributed by atoms with Crippen LogP contribution in [-0.2, 0) is 13.0 Å². The van der Waals surface area contributed by atoms with Crippen LogP contribution in [0.2, 0.25) is 0 Å².